The number of halogens is 1. The second-order valence-corrected chi connectivity index (χ2v) is 5.10. The van der Waals surface area contributed by atoms with Crippen LogP contribution < -0.4 is 5.32 Å². The van der Waals surface area contributed by atoms with Gasteiger partial charge in [0, 0.05) is 11.1 Å². The number of nitrogens with one attached hydrogen (secondary N) is 1. The molecule has 0 fully saturated rings. The van der Waals surface area contributed by atoms with Crippen molar-refractivity contribution in [1.82, 2.24) is 5.32 Å². The van der Waals surface area contributed by atoms with Crippen molar-refractivity contribution in [1.29, 1.82) is 0 Å². The van der Waals surface area contributed by atoms with Crippen LogP contribution >= 0.6 is 11.6 Å². The molecular formula is C15H24ClN. The van der Waals surface area contributed by atoms with Gasteiger partial charge >= 0.3 is 0 Å². The van der Waals surface area contributed by atoms with Crippen LogP contribution in [0.15, 0.2) is 24.3 Å². The Morgan fingerprint density at radius 2 is 1.82 bits per heavy atom. The van der Waals surface area contributed by atoms with E-state index in [1.165, 1.54) is 37.7 Å². The maximum atomic E-state index is 5.88. The van der Waals surface area contributed by atoms with Crippen molar-refractivity contribution >= 4 is 11.6 Å². The van der Waals surface area contributed by atoms with E-state index in [-0.39, 0.29) is 0 Å². The Kier molecular flexibility index (Phi) is 7.30. The van der Waals surface area contributed by atoms with Crippen LogP contribution in [0.2, 0.25) is 5.02 Å². The molecule has 1 rings (SSSR count). The minimum Gasteiger partial charge on any atom is -0.317 e. The molecule has 1 nitrogen and oxygen atoms in total. The van der Waals surface area contributed by atoms with E-state index in [1.54, 1.807) is 0 Å². The van der Waals surface area contributed by atoms with Gasteiger partial charge in [0.25, 0.3) is 0 Å². The van der Waals surface area contributed by atoms with Gasteiger partial charge in [-0.15, -0.1) is 0 Å². The molecule has 0 saturated heterocycles. The predicted molar refractivity (Wildman–Crippen MR) is 76.8 cm³/mol. The minimum atomic E-state index is 0.591. The highest BCUT2D eigenvalue weighted by atomic mass is 35.5. The van der Waals surface area contributed by atoms with E-state index in [1.807, 2.05) is 12.1 Å². The minimum absolute atomic E-state index is 0.591. The van der Waals surface area contributed by atoms with E-state index in [4.69, 9.17) is 11.6 Å². The topological polar surface area (TPSA) is 12.0 Å². The molecule has 0 aliphatic heterocycles. The van der Waals surface area contributed by atoms with Gasteiger partial charge in [-0.25, -0.2) is 0 Å². The summed E-state index contributed by atoms with van der Waals surface area (Å²) < 4.78 is 0. The lowest BCUT2D eigenvalue weighted by molar-refractivity contribution is 0.485. The first-order valence-corrected chi connectivity index (χ1v) is 7.05. The molecule has 1 aromatic carbocycles. The van der Waals surface area contributed by atoms with Gasteiger partial charge in [-0.3, -0.25) is 0 Å². The van der Waals surface area contributed by atoms with E-state index in [2.05, 4.69) is 31.4 Å². The van der Waals surface area contributed by atoms with Gasteiger partial charge in [0.15, 0.2) is 0 Å². The number of likely N-dealkylation sites (N-methyl/N-ethyl adjacent to an activating group) is 1. The number of hydrogen-bond donors (Lipinski definition) is 1. The van der Waals surface area contributed by atoms with Gasteiger partial charge in [-0.05, 0) is 37.6 Å². The molecule has 2 heteroatoms. The molecule has 96 valence electrons. The Bertz CT molecular complexity index is 294. The molecule has 0 aliphatic rings. The molecule has 0 heterocycles. The van der Waals surface area contributed by atoms with Crippen molar-refractivity contribution in [3.63, 3.8) is 0 Å². The molecule has 1 atom stereocenters. The number of hydrogen-bond acceptors (Lipinski definition) is 1. The lowest BCUT2D eigenvalue weighted by Gasteiger charge is -2.16. The van der Waals surface area contributed by atoms with E-state index in [0.717, 1.165) is 11.4 Å². The summed E-state index contributed by atoms with van der Waals surface area (Å²) in [5, 5.41) is 4.23. The van der Waals surface area contributed by atoms with E-state index >= 15 is 0 Å². The summed E-state index contributed by atoms with van der Waals surface area (Å²) >= 11 is 5.88. The molecule has 0 bridgehead atoms. The third-order valence-electron chi connectivity index (χ3n) is 3.21. The quantitative estimate of drug-likeness (QED) is 0.676. The molecule has 0 spiro atoms. The molecule has 1 N–H and O–H groups in total. The fraction of sp³-hybridized carbons (Fsp3) is 0.600. The highest BCUT2D eigenvalue weighted by Gasteiger charge is 2.06. The molecule has 0 saturated carbocycles. The maximum absolute atomic E-state index is 5.88. The van der Waals surface area contributed by atoms with Crippen LogP contribution in [0.1, 0.15) is 44.6 Å². The van der Waals surface area contributed by atoms with Gasteiger partial charge in [0.1, 0.15) is 0 Å². The van der Waals surface area contributed by atoms with Crippen molar-refractivity contribution in [2.24, 2.45) is 0 Å². The molecule has 1 aromatic rings. The Labute approximate surface area is 111 Å². The van der Waals surface area contributed by atoms with Gasteiger partial charge in [-0.1, -0.05) is 56.3 Å². The Balaban J connectivity index is 2.33. The summed E-state index contributed by atoms with van der Waals surface area (Å²) in [5.41, 5.74) is 1.37. The summed E-state index contributed by atoms with van der Waals surface area (Å²) in [6.45, 7) is 2.25. The van der Waals surface area contributed by atoms with E-state index in [0.29, 0.717) is 6.04 Å². The zero-order valence-electron chi connectivity index (χ0n) is 11.0. The second kappa shape index (κ2) is 8.54. The predicted octanol–water partition coefficient (Wildman–Crippen LogP) is 4.44. The van der Waals surface area contributed by atoms with E-state index < -0.39 is 0 Å². The van der Waals surface area contributed by atoms with Crippen LogP contribution in [-0.2, 0) is 6.42 Å². The first kappa shape index (κ1) is 14.5. The smallest absolute Gasteiger partial charge is 0.0406 e. The van der Waals surface area contributed by atoms with Crippen molar-refractivity contribution in [2.45, 2.75) is 51.5 Å². The molecule has 0 amide bonds. The van der Waals surface area contributed by atoms with Gasteiger partial charge in [-0.2, -0.15) is 0 Å². The normalized spacial score (nSPS) is 12.6. The van der Waals surface area contributed by atoms with Gasteiger partial charge in [0.05, 0.1) is 0 Å². The molecule has 17 heavy (non-hydrogen) atoms. The third-order valence-corrected chi connectivity index (χ3v) is 3.46. The summed E-state index contributed by atoms with van der Waals surface area (Å²) in [7, 11) is 2.06. The summed E-state index contributed by atoms with van der Waals surface area (Å²) in [5.74, 6) is 0. The van der Waals surface area contributed by atoms with Gasteiger partial charge < -0.3 is 5.32 Å². The third kappa shape index (κ3) is 6.09. The second-order valence-electron chi connectivity index (χ2n) is 4.67. The fourth-order valence-corrected chi connectivity index (χ4v) is 2.20. The van der Waals surface area contributed by atoms with E-state index in [9.17, 15) is 0 Å². The average Bonchev–Trinajstić information content (AvgIpc) is 2.35. The van der Waals surface area contributed by atoms with Crippen molar-refractivity contribution in [2.75, 3.05) is 7.05 Å². The first-order valence-electron chi connectivity index (χ1n) is 6.68. The van der Waals surface area contributed by atoms with Crippen LogP contribution in [0.3, 0.4) is 0 Å². The highest BCUT2D eigenvalue weighted by Crippen LogP contribution is 2.13. The number of benzene rings is 1. The summed E-state index contributed by atoms with van der Waals surface area (Å²) in [6, 6.07) is 8.78. The van der Waals surface area contributed by atoms with Crippen molar-refractivity contribution in [3.8, 4) is 0 Å². The Morgan fingerprint density at radius 3 is 2.41 bits per heavy atom. The summed E-state index contributed by atoms with van der Waals surface area (Å²) in [6.07, 6.45) is 7.71. The Morgan fingerprint density at radius 1 is 1.12 bits per heavy atom. The van der Waals surface area contributed by atoms with Gasteiger partial charge in [0.2, 0.25) is 0 Å². The maximum Gasteiger partial charge on any atom is 0.0406 e. The lowest BCUT2D eigenvalue weighted by Crippen LogP contribution is -2.27. The lowest BCUT2D eigenvalue weighted by atomic mass is 10.0. The number of rotatable bonds is 8. The van der Waals surface area contributed by atoms with Crippen molar-refractivity contribution < 1.29 is 0 Å². The zero-order chi connectivity index (χ0) is 12.5. The van der Waals surface area contributed by atoms with Crippen LogP contribution in [-0.4, -0.2) is 13.1 Å². The molecule has 0 radical (unpaired) electrons. The summed E-state index contributed by atoms with van der Waals surface area (Å²) in [4.78, 5) is 0. The Hall–Kier alpha value is -0.530. The van der Waals surface area contributed by atoms with Crippen LogP contribution in [0.5, 0.6) is 0 Å². The monoisotopic (exact) mass is 253 g/mol. The fourth-order valence-electron chi connectivity index (χ4n) is 2.07. The number of unbranched alkanes of at least 4 members (excludes halogenated alkanes) is 3. The SMILES string of the molecule is CCCCCCC(Cc1ccc(Cl)cc1)NC. The average molecular weight is 254 g/mol. The largest absolute Gasteiger partial charge is 0.317 e. The first-order chi connectivity index (χ1) is 8.26. The van der Waals surface area contributed by atoms with Crippen LogP contribution in [0, 0.1) is 0 Å². The molecule has 0 aliphatic carbocycles. The molecule has 0 aromatic heterocycles. The van der Waals surface area contributed by atoms with Crippen LogP contribution in [0.25, 0.3) is 0 Å². The van der Waals surface area contributed by atoms with Crippen molar-refractivity contribution in [3.05, 3.63) is 34.9 Å². The zero-order valence-corrected chi connectivity index (χ0v) is 11.8. The standard InChI is InChI=1S/C15H24ClN/c1-3-4-5-6-7-15(17-2)12-13-8-10-14(16)11-9-13/h8-11,15,17H,3-7,12H2,1-2H3. The molecular weight excluding hydrogens is 230 g/mol. The van der Waals surface area contributed by atoms with Crippen LogP contribution in [0.4, 0.5) is 0 Å². The highest BCUT2D eigenvalue weighted by molar-refractivity contribution is 6.30. The molecule has 1 unspecified atom stereocenters.